The zero-order valence-corrected chi connectivity index (χ0v) is 9.03. The highest BCUT2D eigenvalue weighted by Gasteiger charge is 2.05. The fourth-order valence-electron chi connectivity index (χ4n) is 1.14. The molecule has 3 N–H and O–H groups in total. The van der Waals surface area contributed by atoms with Gasteiger partial charge in [-0.1, -0.05) is 0 Å². The van der Waals surface area contributed by atoms with Crippen LogP contribution in [0.1, 0.15) is 17.3 Å². The molecule has 5 heteroatoms. The van der Waals surface area contributed by atoms with Gasteiger partial charge in [0.1, 0.15) is 5.75 Å². The molecule has 86 valence electrons. The smallest absolute Gasteiger partial charge is 0.251 e. The Hall–Kier alpha value is -2.04. The van der Waals surface area contributed by atoms with Crippen LogP contribution in [-0.2, 0) is 4.79 Å². The van der Waals surface area contributed by atoms with Gasteiger partial charge < -0.3 is 15.8 Å². The van der Waals surface area contributed by atoms with Crippen molar-refractivity contribution in [2.75, 3.05) is 13.2 Å². The van der Waals surface area contributed by atoms with E-state index in [4.69, 9.17) is 10.5 Å². The van der Waals surface area contributed by atoms with Crippen LogP contribution in [0.25, 0.3) is 0 Å². The maximum atomic E-state index is 11.5. The molecule has 0 atom stereocenters. The van der Waals surface area contributed by atoms with E-state index in [1.807, 2.05) is 6.92 Å². The highest BCUT2D eigenvalue weighted by molar-refractivity contribution is 5.96. The molecule has 0 bridgehead atoms. The van der Waals surface area contributed by atoms with Crippen LogP contribution in [0.5, 0.6) is 5.75 Å². The van der Waals surface area contributed by atoms with E-state index in [9.17, 15) is 9.59 Å². The van der Waals surface area contributed by atoms with Gasteiger partial charge in [0.15, 0.2) is 0 Å². The molecule has 1 aromatic rings. The number of hydrogen-bond donors (Lipinski definition) is 2. The number of primary amides is 1. The summed E-state index contributed by atoms with van der Waals surface area (Å²) in [6, 6.07) is 6.65. The first-order valence-electron chi connectivity index (χ1n) is 4.93. The van der Waals surface area contributed by atoms with Gasteiger partial charge in [-0.05, 0) is 31.2 Å². The zero-order valence-electron chi connectivity index (χ0n) is 9.03. The number of carbonyl (C=O) groups excluding carboxylic acids is 2. The quantitative estimate of drug-likeness (QED) is 0.751. The van der Waals surface area contributed by atoms with E-state index in [1.165, 1.54) is 0 Å². The van der Waals surface area contributed by atoms with Gasteiger partial charge in [0.25, 0.3) is 5.91 Å². The number of carbonyl (C=O) groups is 2. The normalized spacial score (nSPS) is 9.56. The van der Waals surface area contributed by atoms with E-state index in [2.05, 4.69) is 5.32 Å². The van der Waals surface area contributed by atoms with Gasteiger partial charge >= 0.3 is 0 Å². The summed E-state index contributed by atoms with van der Waals surface area (Å²) in [6.07, 6.45) is 0. The lowest BCUT2D eigenvalue weighted by molar-refractivity contribution is -0.117. The Morgan fingerprint density at radius 3 is 2.44 bits per heavy atom. The van der Waals surface area contributed by atoms with Crippen molar-refractivity contribution in [3.8, 4) is 5.75 Å². The number of amides is 2. The molecule has 0 radical (unpaired) electrons. The van der Waals surface area contributed by atoms with Crippen LogP contribution in [0, 0.1) is 0 Å². The van der Waals surface area contributed by atoms with Crippen LogP contribution in [0.2, 0.25) is 0 Å². The maximum absolute atomic E-state index is 11.5. The molecule has 0 aromatic heterocycles. The van der Waals surface area contributed by atoms with Gasteiger partial charge in [-0.3, -0.25) is 9.59 Å². The molecule has 0 aliphatic heterocycles. The second-order valence-corrected chi connectivity index (χ2v) is 3.11. The summed E-state index contributed by atoms with van der Waals surface area (Å²) in [7, 11) is 0. The molecule has 16 heavy (non-hydrogen) atoms. The molecule has 1 rings (SSSR count). The number of nitrogens with one attached hydrogen (secondary N) is 1. The Bertz CT molecular complexity index is 373. The summed E-state index contributed by atoms with van der Waals surface area (Å²) < 4.78 is 5.23. The van der Waals surface area contributed by atoms with E-state index in [-0.39, 0.29) is 12.5 Å². The number of rotatable bonds is 5. The molecule has 0 unspecified atom stereocenters. The predicted molar refractivity (Wildman–Crippen MR) is 59.1 cm³/mol. The van der Waals surface area contributed by atoms with Gasteiger partial charge in [0, 0.05) is 5.56 Å². The van der Waals surface area contributed by atoms with Crippen molar-refractivity contribution in [1.29, 1.82) is 0 Å². The van der Waals surface area contributed by atoms with Crippen molar-refractivity contribution in [3.05, 3.63) is 29.8 Å². The first-order chi connectivity index (χ1) is 7.63. The minimum absolute atomic E-state index is 0.161. The Morgan fingerprint density at radius 2 is 1.94 bits per heavy atom. The lowest BCUT2D eigenvalue weighted by atomic mass is 10.2. The lowest BCUT2D eigenvalue weighted by Crippen LogP contribution is -2.33. The summed E-state index contributed by atoms with van der Waals surface area (Å²) in [5, 5.41) is 2.40. The fourth-order valence-corrected chi connectivity index (χ4v) is 1.14. The summed E-state index contributed by atoms with van der Waals surface area (Å²) in [5.74, 6) is -0.199. The first-order valence-corrected chi connectivity index (χ1v) is 4.93. The third-order valence-electron chi connectivity index (χ3n) is 1.85. The average molecular weight is 222 g/mol. The summed E-state index contributed by atoms with van der Waals surface area (Å²) >= 11 is 0. The second kappa shape index (κ2) is 5.75. The van der Waals surface area contributed by atoms with Crippen LogP contribution < -0.4 is 15.8 Å². The van der Waals surface area contributed by atoms with E-state index >= 15 is 0 Å². The number of benzene rings is 1. The number of ether oxygens (including phenoxy) is 1. The molecule has 2 amide bonds. The molecular formula is C11H14N2O3. The van der Waals surface area contributed by atoms with Crippen molar-refractivity contribution in [2.45, 2.75) is 6.92 Å². The SMILES string of the molecule is CCOc1ccc(C(=O)NCC(N)=O)cc1. The molecule has 0 heterocycles. The van der Waals surface area contributed by atoms with Crippen molar-refractivity contribution in [1.82, 2.24) is 5.32 Å². The Balaban J connectivity index is 2.59. The summed E-state index contributed by atoms with van der Waals surface area (Å²) in [4.78, 5) is 21.9. The molecule has 0 aliphatic rings. The van der Waals surface area contributed by atoms with Gasteiger partial charge in [0.05, 0.1) is 13.2 Å². The highest BCUT2D eigenvalue weighted by atomic mass is 16.5. The molecule has 5 nitrogen and oxygen atoms in total. The van der Waals surface area contributed by atoms with Crippen LogP contribution in [0.15, 0.2) is 24.3 Å². The van der Waals surface area contributed by atoms with Crippen LogP contribution in [0.3, 0.4) is 0 Å². The molecule has 0 fully saturated rings. The third kappa shape index (κ3) is 3.61. The van der Waals surface area contributed by atoms with Gasteiger partial charge in [0.2, 0.25) is 5.91 Å². The van der Waals surface area contributed by atoms with Crippen LogP contribution in [-0.4, -0.2) is 25.0 Å². The highest BCUT2D eigenvalue weighted by Crippen LogP contribution is 2.11. The monoisotopic (exact) mass is 222 g/mol. The minimum atomic E-state index is -0.570. The van der Waals surface area contributed by atoms with Gasteiger partial charge in [-0.2, -0.15) is 0 Å². The van der Waals surface area contributed by atoms with Crippen molar-refractivity contribution >= 4 is 11.8 Å². The molecular weight excluding hydrogens is 208 g/mol. The molecule has 0 saturated carbocycles. The third-order valence-corrected chi connectivity index (χ3v) is 1.85. The maximum Gasteiger partial charge on any atom is 0.251 e. The average Bonchev–Trinajstić information content (AvgIpc) is 2.27. The van der Waals surface area contributed by atoms with Crippen molar-refractivity contribution < 1.29 is 14.3 Å². The fraction of sp³-hybridized carbons (Fsp3) is 0.273. The van der Waals surface area contributed by atoms with Crippen LogP contribution >= 0.6 is 0 Å². The van der Waals surface area contributed by atoms with E-state index in [1.54, 1.807) is 24.3 Å². The zero-order chi connectivity index (χ0) is 12.0. The van der Waals surface area contributed by atoms with E-state index in [0.29, 0.717) is 17.9 Å². The molecule has 0 aliphatic carbocycles. The summed E-state index contributed by atoms with van der Waals surface area (Å²) in [6.45, 7) is 2.30. The van der Waals surface area contributed by atoms with Crippen molar-refractivity contribution in [2.24, 2.45) is 5.73 Å². The standard InChI is InChI=1S/C11H14N2O3/c1-2-16-9-5-3-8(4-6-9)11(15)13-7-10(12)14/h3-6H,2,7H2,1H3,(H2,12,14)(H,13,15). The lowest BCUT2D eigenvalue weighted by Gasteiger charge is -2.05. The molecule has 1 aromatic carbocycles. The largest absolute Gasteiger partial charge is 0.494 e. The topological polar surface area (TPSA) is 81.4 Å². The Kier molecular flexibility index (Phi) is 4.32. The van der Waals surface area contributed by atoms with E-state index in [0.717, 1.165) is 0 Å². The number of nitrogens with two attached hydrogens (primary N) is 1. The number of hydrogen-bond acceptors (Lipinski definition) is 3. The second-order valence-electron chi connectivity index (χ2n) is 3.11. The predicted octanol–water partition coefficient (Wildman–Crippen LogP) is 0.300. The van der Waals surface area contributed by atoms with Crippen LogP contribution in [0.4, 0.5) is 0 Å². The van der Waals surface area contributed by atoms with Gasteiger partial charge in [-0.15, -0.1) is 0 Å². The Labute approximate surface area is 93.6 Å². The molecule has 0 spiro atoms. The van der Waals surface area contributed by atoms with Crippen molar-refractivity contribution in [3.63, 3.8) is 0 Å². The van der Waals surface area contributed by atoms with E-state index < -0.39 is 5.91 Å². The first kappa shape index (κ1) is 12.0. The van der Waals surface area contributed by atoms with Gasteiger partial charge in [-0.25, -0.2) is 0 Å². The minimum Gasteiger partial charge on any atom is -0.494 e. The Morgan fingerprint density at radius 1 is 1.31 bits per heavy atom. The summed E-state index contributed by atoms with van der Waals surface area (Å²) in [5.41, 5.74) is 5.37. The molecule has 0 saturated heterocycles.